The van der Waals surface area contributed by atoms with Crippen LogP contribution < -0.4 is 5.56 Å². The summed E-state index contributed by atoms with van der Waals surface area (Å²) in [5.74, 6) is 0.507. The van der Waals surface area contributed by atoms with E-state index in [0.717, 1.165) is 24.1 Å². The first-order chi connectivity index (χ1) is 6.72. The van der Waals surface area contributed by atoms with Crippen LogP contribution in [0.25, 0.3) is 0 Å². The molecule has 74 valence electrons. The maximum absolute atomic E-state index is 11.5. The van der Waals surface area contributed by atoms with Gasteiger partial charge in [0.2, 0.25) is 0 Å². The average molecular weight is 190 g/mol. The van der Waals surface area contributed by atoms with Crippen molar-refractivity contribution in [3.8, 4) is 0 Å². The third-order valence-electron chi connectivity index (χ3n) is 2.93. The van der Waals surface area contributed by atoms with Crippen molar-refractivity contribution in [1.82, 2.24) is 4.98 Å². The van der Waals surface area contributed by atoms with E-state index in [1.165, 1.54) is 12.6 Å². The van der Waals surface area contributed by atoms with E-state index in [1.54, 1.807) is 0 Å². The fraction of sp³-hybridized carbons (Fsp3) is 0.455. The highest BCUT2D eigenvalue weighted by atomic mass is 16.1. The van der Waals surface area contributed by atoms with Gasteiger partial charge in [0.1, 0.15) is 0 Å². The number of nitrogens with one attached hydrogen (secondary N) is 2. The zero-order chi connectivity index (χ0) is 10.1. The summed E-state index contributed by atoms with van der Waals surface area (Å²) >= 11 is 0. The van der Waals surface area contributed by atoms with Crippen LogP contribution in [0.15, 0.2) is 10.9 Å². The van der Waals surface area contributed by atoms with Crippen LogP contribution in [-0.4, -0.2) is 11.2 Å². The highest BCUT2D eigenvalue weighted by molar-refractivity contribution is 5.79. The summed E-state index contributed by atoms with van der Waals surface area (Å²) in [6.45, 7) is 1.89. The molecule has 3 nitrogen and oxygen atoms in total. The number of aryl methyl sites for hydroxylation is 1. The Morgan fingerprint density at radius 3 is 2.79 bits per heavy atom. The van der Waals surface area contributed by atoms with Gasteiger partial charge in [0, 0.05) is 11.9 Å². The van der Waals surface area contributed by atoms with Gasteiger partial charge in [-0.1, -0.05) is 6.42 Å². The Bertz CT molecular complexity index is 416. The van der Waals surface area contributed by atoms with Crippen molar-refractivity contribution in [3.05, 3.63) is 33.2 Å². The van der Waals surface area contributed by atoms with Crippen LogP contribution in [0.3, 0.4) is 0 Å². The van der Waals surface area contributed by atoms with Gasteiger partial charge < -0.3 is 10.4 Å². The third-order valence-corrected chi connectivity index (χ3v) is 2.93. The monoisotopic (exact) mass is 190 g/mol. The zero-order valence-electron chi connectivity index (χ0n) is 8.26. The summed E-state index contributed by atoms with van der Waals surface area (Å²) in [7, 11) is 0. The maximum atomic E-state index is 11.5. The first-order valence-electron chi connectivity index (χ1n) is 4.96. The minimum atomic E-state index is -0.123. The minimum absolute atomic E-state index is 0.123. The van der Waals surface area contributed by atoms with Crippen LogP contribution >= 0.6 is 0 Å². The SMILES string of the molecule is Cc1cc(C2CCC2)c(C=N)c(=O)[nH]1. The van der Waals surface area contributed by atoms with Gasteiger partial charge in [-0.2, -0.15) is 0 Å². The summed E-state index contributed by atoms with van der Waals surface area (Å²) in [6, 6.07) is 2.01. The van der Waals surface area contributed by atoms with Crippen molar-refractivity contribution >= 4 is 6.21 Å². The van der Waals surface area contributed by atoms with E-state index in [1.807, 2.05) is 13.0 Å². The van der Waals surface area contributed by atoms with Crippen molar-refractivity contribution in [2.45, 2.75) is 32.1 Å². The van der Waals surface area contributed by atoms with E-state index in [-0.39, 0.29) is 5.56 Å². The minimum Gasteiger partial charge on any atom is -0.326 e. The molecule has 0 saturated heterocycles. The van der Waals surface area contributed by atoms with Crippen molar-refractivity contribution in [3.63, 3.8) is 0 Å². The normalized spacial score (nSPS) is 16.4. The highest BCUT2D eigenvalue weighted by Gasteiger charge is 2.23. The molecular formula is C11H14N2O. The molecule has 3 heteroatoms. The summed E-state index contributed by atoms with van der Waals surface area (Å²) < 4.78 is 0. The Labute approximate surface area is 82.7 Å². The van der Waals surface area contributed by atoms with Crippen LogP contribution in [0.4, 0.5) is 0 Å². The molecule has 1 aliphatic carbocycles. The van der Waals surface area contributed by atoms with Crippen molar-refractivity contribution in [2.75, 3.05) is 0 Å². The van der Waals surface area contributed by atoms with Gasteiger partial charge in [-0.3, -0.25) is 4.79 Å². The van der Waals surface area contributed by atoms with Crippen LogP contribution in [0.2, 0.25) is 0 Å². The lowest BCUT2D eigenvalue weighted by atomic mass is 9.78. The second-order valence-electron chi connectivity index (χ2n) is 3.92. The fourth-order valence-electron chi connectivity index (χ4n) is 1.93. The third kappa shape index (κ3) is 1.39. The molecule has 0 amide bonds. The molecule has 1 aromatic rings. The molecule has 0 aromatic carbocycles. The van der Waals surface area contributed by atoms with Crippen LogP contribution in [0, 0.1) is 12.3 Å². The number of H-pyrrole nitrogens is 1. The lowest BCUT2D eigenvalue weighted by Gasteiger charge is -2.27. The number of hydrogen-bond donors (Lipinski definition) is 2. The molecule has 0 bridgehead atoms. The molecule has 2 rings (SSSR count). The Morgan fingerprint density at radius 1 is 1.57 bits per heavy atom. The second-order valence-corrected chi connectivity index (χ2v) is 3.92. The Kier molecular flexibility index (Phi) is 2.23. The topological polar surface area (TPSA) is 56.7 Å². The Balaban J connectivity index is 2.54. The van der Waals surface area contributed by atoms with Crippen molar-refractivity contribution < 1.29 is 0 Å². The molecule has 0 atom stereocenters. The largest absolute Gasteiger partial charge is 0.326 e. The van der Waals surface area contributed by atoms with E-state index < -0.39 is 0 Å². The first kappa shape index (κ1) is 9.19. The van der Waals surface area contributed by atoms with E-state index in [4.69, 9.17) is 5.41 Å². The summed E-state index contributed by atoms with van der Waals surface area (Å²) in [6.07, 6.45) is 4.73. The molecule has 1 fully saturated rings. The number of pyridine rings is 1. The van der Waals surface area contributed by atoms with E-state index in [2.05, 4.69) is 4.98 Å². The summed E-state index contributed by atoms with van der Waals surface area (Å²) in [5, 5.41) is 7.24. The van der Waals surface area contributed by atoms with Gasteiger partial charge in [0.25, 0.3) is 5.56 Å². The van der Waals surface area contributed by atoms with E-state index >= 15 is 0 Å². The Morgan fingerprint density at radius 2 is 2.29 bits per heavy atom. The molecule has 0 spiro atoms. The first-order valence-corrected chi connectivity index (χ1v) is 4.96. The van der Waals surface area contributed by atoms with Gasteiger partial charge in [0.05, 0.1) is 5.56 Å². The molecule has 0 radical (unpaired) electrons. The van der Waals surface area contributed by atoms with Gasteiger partial charge >= 0.3 is 0 Å². The van der Waals surface area contributed by atoms with Gasteiger partial charge in [-0.15, -0.1) is 0 Å². The van der Waals surface area contributed by atoms with Crippen LogP contribution in [-0.2, 0) is 0 Å². The van der Waals surface area contributed by atoms with E-state index in [9.17, 15) is 4.79 Å². The molecule has 2 N–H and O–H groups in total. The predicted octanol–water partition coefficient (Wildman–Crippen LogP) is 1.95. The summed E-state index contributed by atoms with van der Waals surface area (Å²) in [5.41, 5.74) is 2.37. The molecule has 1 heterocycles. The van der Waals surface area contributed by atoms with Gasteiger partial charge in [-0.25, -0.2) is 0 Å². The molecule has 0 aliphatic heterocycles. The smallest absolute Gasteiger partial charge is 0.257 e. The number of aromatic amines is 1. The average Bonchev–Trinajstić information content (AvgIpc) is 1.99. The molecule has 0 unspecified atom stereocenters. The molecule has 14 heavy (non-hydrogen) atoms. The van der Waals surface area contributed by atoms with Crippen LogP contribution in [0.1, 0.15) is 42.0 Å². The molecule has 1 aromatic heterocycles. The second kappa shape index (κ2) is 3.40. The lowest BCUT2D eigenvalue weighted by molar-refractivity contribution is 0.418. The van der Waals surface area contributed by atoms with Crippen LogP contribution in [0.5, 0.6) is 0 Å². The summed E-state index contributed by atoms with van der Waals surface area (Å²) in [4.78, 5) is 14.3. The lowest BCUT2D eigenvalue weighted by Crippen LogP contribution is -2.20. The molecule has 1 aliphatic rings. The predicted molar refractivity (Wildman–Crippen MR) is 56.3 cm³/mol. The molecular weight excluding hydrogens is 176 g/mol. The zero-order valence-corrected chi connectivity index (χ0v) is 8.26. The van der Waals surface area contributed by atoms with E-state index in [0.29, 0.717) is 11.5 Å². The van der Waals surface area contributed by atoms with Crippen molar-refractivity contribution in [1.29, 1.82) is 5.41 Å². The number of hydrogen-bond acceptors (Lipinski definition) is 2. The van der Waals surface area contributed by atoms with Crippen molar-refractivity contribution in [2.24, 2.45) is 0 Å². The maximum Gasteiger partial charge on any atom is 0.257 e. The highest BCUT2D eigenvalue weighted by Crippen LogP contribution is 2.36. The van der Waals surface area contributed by atoms with Gasteiger partial charge in [0.15, 0.2) is 0 Å². The number of aromatic nitrogens is 1. The molecule has 1 saturated carbocycles. The quantitative estimate of drug-likeness (QED) is 0.688. The standard InChI is InChI=1S/C11H14N2O/c1-7-5-9(8-3-2-4-8)10(6-12)11(14)13-7/h5-6,8,12H,2-4H2,1H3,(H,13,14). The Hall–Kier alpha value is -1.38. The number of rotatable bonds is 2. The fourth-order valence-corrected chi connectivity index (χ4v) is 1.93. The van der Waals surface area contributed by atoms with Gasteiger partial charge in [-0.05, 0) is 37.3 Å².